The van der Waals surface area contributed by atoms with Crippen LogP contribution in [0.25, 0.3) is 10.9 Å². The van der Waals surface area contributed by atoms with Crippen LogP contribution in [0.5, 0.6) is 5.75 Å². The van der Waals surface area contributed by atoms with Crippen LogP contribution in [0.15, 0.2) is 48.8 Å². The van der Waals surface area contributed by atoms with Crippen LogP contribution in [-0.4, -0.2) is 64.0 Å². The molecule has 0 N–H and O–H groups in total. The molecule has 3 aromatic rings. The summed E-state index contributed by atoms with van der Waals surface area (Å²) < 4.78 is 8.07. The molecule has 7 nitrogen and oxygen atoms in total. The van der Waals surface area contributed by atoms with E-state index in [-0.39, 0.29) is 11.8 Å². The first-order valence-electron chi connectivity index (χ1n) is 12.8. The van der Waals surface area contributed by atoms with E-state index < -0.39 is 0 Å². The Morgan fingerprint density at radius 1 is 1.00 bits per heavy atom. The molecule has 2 aliphatic rings. The number of hydrogen-bond donors (Lipinski definition) is 0. The Bertz CT molecular complexity index is 1180. The Balaban J connectivity index is 1.20. The summed E-state index contributed by atoms with van der Waals surface area (Å²) in [5, 5.41) is 1.02. The summed E-state index contributed by atoms with van der Waals surface area (Å²) in [6.45, 7) is 2.94. The minimum Gasteiger partial charge on any atom is -0.493 e. The smallest absolute Gasteiger partial charge is 0.270 e. The number of amides is 2. The van der Waals surface area contributed by atoms with Gasteiger partial charge >= 0.3 is 0 Å². The molecular formula is C28H34N4O3. The van der Waals surface area contributed by atoms with Crippen molar-refractivity contribution < 1.29 is 14.3 Å². The quantitative estimate of drug-likeness (QED) is 0.540. The molecule has 2 aromatic heterocycles. The van der Waals surface area contributed by atoms with Crippen LogP contribution in [-0.2, 0) is 18.3 Å². The lowest BCUT2D eigenvalue weighted by Crippen LogP contribution is -2.51. The van der Waals surface area contributed by atoms with Gasteiger partial charge in [-0.3, -0.25) is 14.6 Å². The molecule has 0 radical (unpaired) electrons. The molecule has 1 aromatic carbocycles. The van der Waals surface area contributed by atoms with Gasteiger partial charge in [-0.2, -0.15) is 0 Å². The lowest BCUT2D eigenvalue weighted by Gasteiger charge is -2.35. The second kappa shape index (κ2) is 10.5. The predicted octanol–water partition coefficient (Wildman–Crippen LogP) is 4.06. The van der Waals surface area contributed by atoms with Gasteiger partial charge in [0.25, 0.3) is 5.91 Å². The third kappa shape index (κ3) is 5.34. The molecule has 0 atom stereocenters. The maximum atomic E-state index is 13.3. The van der Waals surface area contributed by atoms with Crippen molar-refractivity contribution in [1.82, 2.24) is 19.4 Å². The summed E-state index contributed by atoms with van der Waals surface area (Å²) in [5.41, 5.74) is 2.59. The molecule has 7 heteroatoms. The second-order valence-electron chi connectivity index (χ2n) is 9.84. The van der Waals surface area contributed by atoms with Crippen molar-refractivity contribution in [3.63, 3.8) is 0 Å². The zero-order valence-electron chi connectivity index (χ0n) is 20.5. The number of aromatic nitrogens is 2. The number of fused-ring (bicyclic) bond motifs is 1. The first-order valence-corrected chi connectivity index (χ1v) is 12.8. The Hall–Kier alpha value is -3.35. The van der Waals surface area contributed by atoms with Crippen LogP contribution < -0.4 is 4.74 Å². The van der Waals surface area contributed by atoms with Gasteiger partial charge in [0.1, 0.15) is 11.4 Å². The molecule has 0 spiro atoms. The number of aryl methyl sites for hydroxylation is 1. The SMILES string of the molecule is Cn1c(C(=O)N2CCN(C(=O)Cc3cccnc3)CC2)cc2cc(OCC3CCCCC3)ccc21. The maximum absolute atomic E-state index is 13.3. The van der Waals surface area contributed by atoms with Crippen molar-refractivity contribution in [3.8, 4) is 5.75 Å². The fraction of sp³-hybridized carbons (Fsp3) is 0.464. The number of pyridine rings is 1. The minimum atomic E-state index is 0.00716. The maximum Gasteiger partial charge on any atom is 0.270 e. The number of hydrogen-bond acceptors (Lipinski definition) is 4. The van der Waals surface area contributed by atoms with Crippen LogP contribution in [0.3, 0.4) is 0 Å². The van der Waals surface area contributed by atoms with Crippen LogP contribution >= 0.6 is 0 Å². The third-order valence-electron chi connectivity index (χ3n) is 7.44. The molecule has 35 heavy (non-hydrogen) atoms. The lowest BCUT2D eigenvalue weighted by atomic mass is 9.90. The fourth-order valence-electron chi connectivity index (χ4n) is 5.30. The Morgan fingerprint density at radius 2 is 1.77 bits per heavy atom. The standard InChI is InChI=1S/C28H34N4O3/c1-30-25-10-9-24(35-20-21-6-3-2-4-7-21)17-23(25)18-26(30)28(34)32-14-12-31(13-15-32)27(33)16-22-8-5-11-29-19-22/h5,8-11,17-19,21H,2-4,6-7,12-16,20H2,1H3. The van der Waals surface area contributed by atoms with E-state index in [4.69, 9.17) is 4.74 Å². The Morgan fingerprint density at radius 3 is 2.51 bits per heavy atom. The highest BCUT2D eigenvalue weighted by atomic mass is 16.5. The summed E-state index contributed by atoms with van der Waals surface area (Å²) in [6, 6.07) is 11.8. The van der Waals surface area contributed by atoms with E-state index >= 15 is 0 Å². The molecule has 0 unspecified atom stereocenters. The number of piperazine rings is 1. The van der Waals surface area contributed by atoms with Crippen LogP contribution in [0.4, 0.5) is 0 Å². The highest BCUT2D eigenvalue weighted by Crippen LogP contribution is 2.28. The van der Waals surface area contributed by atoms with Gasteiger partial charge in [0.2, 0.25) is 5.91 Å². The van der Waals surface area contributed by atoms with E-state index in [0.717, 1.165) is 28.8 Å². The average Bonchev–Trinajstić information content (AvgIpc) is 3.24. The number of carbonyl (C=O) groups excluding carboxylic acids is 2. The van der Waals surface area contributed by atoms with Crippen molar-refractivity contribution in [1.29, 1.82) is 0 Å². The van der Waals surface area contributed by atoms with Gasteiger partial charge in [-0.1, -0.05) is 25.3 Å². The van der Waals surface area contributed by atoms with Crippen molar-refractivity contribution in [2.75, 3.05) is 32.8 Å². The number of ether oxygens (including phenoxy) is 1. The van der Waals surface area contributed by atoms with Gasteiger partial charge in [0, 0.05) is 56.5 Å². The zero-order chi connectivity index (χ0) is 24.2. The molecule has 1 saturated carbocycles. The highest BCUT2D eigenvalue weighted by Gasteiger charge is 2.27. The molecule has 1 saturated heterocycles. The largest absolute Gasteiger partial charge is 0.493 e. The topological polar surface area (TPSA) is 67.7 Å². The monoisotopic (exact) mass is 474 g/mol. The fourth-order valence-corrected chi connectivity index (χ4v) is 5.30. The van der Waals surface area contributed by atoms with Crippen molar-refractivity contribution in [2.45, 2.75) is 38.5 Å². The van der Waals surface area contributed by atoms with E-state index in [1.165, 1.54) is 32.1 Å². The van der Waals surface area contributed by atoms with E-state index in [9.17, 15) is 9.59 Å². The van der Waals surface area contributed by atoms with Gasteiger partial charge in [-0.25, -0.2) is 0 Å². The van der Waals surface area contributed by atoms with E-state index in [1.807, 2.05) is 57.8 Å². The molecule has 2 fully saturated rings. The molecule has 0 bridgehead atoms. The number of carbonyl (C=O) groups is 2. The third-order valence-corrected chi connectivity index (χ3v) is 7.44. The van der Waals surface area contributed by atoms with Crippen LogP contribution in [0.1, 0.15) is 48.2 Å². The summed E-state index contributed by atoms with van der Waals surface area (Å²) >= 11 is 0. The van der Waals surface area contributed by atoms with Crippen molar-refractivity contribution in [2.24, 2.45) is 13.0 Å². The highest BCUT2D eigenvalue weighted by molar-refractivity contribution is 5.99. The Kier molecular flexibility index (Phi) is 7.02. The van der Waals surface area contributed by atoms with Gasteiger partial charge in [0.05, 0.1) is 13.0 Å². The van der Waals surface area contributed by atoms with Gasteiger partial charge in [-0.15, -0.1) is 0 Å². The summed E-state index contributed by atoms with van der Waals surface area (Å²) in [6.07, 6.45) is 10.3. The molecule has 184 valence electrons. The van der Waals surface area contributed by atoms with Crippen molar-refractivity contribution in [3.05, 3.63) is 60.0 Å². The molecule has 1 aliphatic carbocycles. The van der Waals surface area contributed by atoms with Gasteiger partial charge in [-0.05, 0) is 54.7 Å². The first kappa shape index (κ1) is 23.4. The number of rotatable bonds is 6. The molecule has 5 rings (SSSR count). The zero-order valence-corrected chi connectivity index (χ0v) is 20.5. The second-order valence-corrected chi connectivity index (χ2v) is 9.84. The summed E-state index contributed by atoms with van der Waals surface area (Å²) in [5.74, 6) is 1.61. The van der Waals surface area contributed by atoms with E-state index in [2.05, 4.69) is 4.98 Å². The number of benzene rings is 1. The average molecular weight is 475 g/mol. The molecular weight excluding hydrogens is 440 g/mol. The normalized spacial score (nSPS) is 17.1. The molecule has 1 aliphatic heterocycles. The Labute approximate surface area is 206 Å². The van der Waals surface area contributed by atoms with E-state index in [1.54, 1.807) is 12.4 Å². The van der Waals surface area contributed by atoms with E-state index in [0.29, 0.717) is 44.2 Å². The lowest BCUT2D eigenvalue weighted by molar-refractivity contribution is -0.131. The molecule has 3 heterocycles. The minimum absolute atomic E-state index is 0.00716. The van der Waals surface area contributed by atoms with Gasteiger partial charge < -0.3 is 19.1 Å². The first-order chi connectivity index (χ1) is 17.1. The molecule has 2 amide bonds. The van der Waals surface area contributed by atoms with Crippen LogP contribution in [0, 0.1) is 5.92 Å². The summed E-state index contributed by atoms with van der Waals surface area (Å²) in [7, 11) is 1.94. The van der Waals surface area contributed by atoms with Gasteiger partial charge in [0.15, 0.2) is 0 Å². The van der Waals surface area contributed by atoms with Crippen LogP contribution in [0.2, 0.25) is 0 Å². The predicted molar refractivity (Wildman–Crippen MR) is 135 cm³/mol. The number of nitrogens with zero attached hydrogens (tertiary/aromatic N) is 4. The summed E-state index contributed by atoms with van der Waals surface area (Å²) in [4.78, 5) is 33.8. The van der Waals surface area contributed by atoms with Crippen molar-refractivity contribution >= 4 is 22.7 Å².